The highest BCUT2D eigenvalue weighted by atomic mass is 16.2. The third kappa shape index (κ3) is 2.73. The summed E-state index contributed by atoms with van der Waals surface area (Å²) in [6.07, 6.45) is 4.25. The molecule has 2 aliphatic carbocycles. The summed E-state index contributed by atoms with van der Waals surface area (Å²) >= 11 is 0. The summed E-state index contributed by atoms with van der Waals surface area (Å²) in [4.78, 5) is 34.9. The molecule has 0 bridgehead atoms. The van der Waals surface area contributed by atoms with Gasteiger partial charge in [0.15, 0.2) is 0 Å². The van der Waals surface area contributed by atoms with Gasteiger partial charge in [0.25, 0.3) is 5.91 Å². The Labute approximate surface area is 166 Å². The highest BCUT2D eigenvalue weighted by Gasteiger charge is 2.61. The van der Waals surface area contributed by atoms with Crippen molar-refractivity contribution in [1.82, 2.24) is 9.80 Å². The normalized spacial score (nSPS) is 31.5. The van der Waals surface area contributed by atoms with Crippen LogP contribution in [0.25, 0.3) is 0 Å². The van der Waals surface area contributed by atoms with Gasteiger partial charge in [0.05, 0.1) is 0 Å². The average Bonchev–Trinajstić information content (AvgIpc) is 3.21. The van der Waals surface area contributed by atoms with Crippen molar-refractivity contribution < 1.29 is 9.59 Å². The number of carbonyl (C=O) groups is 2. The SMILES string of the molecule is CC1=N[C@@]2(CC[C@@H]3CN(C(=O)Nc4ccccc4C)C[C@@H]32)C(=O)N1CC1CC1. The molecular formula is C22H28N4O2. The molecule has 3 atom stereocenters. The van der Waals surface area contributed by atoms with Crippen LogP contribution in [-0.4, -0.2) is 52.7 Å². The summed E-state index contributed by atoms with van der Waals surface area (Å²) in [6.45, 7) is 6.12. The fourth-order valence-corrected chi connectivity index (χ4v) is 5.32. The first-order chi connectivity index (χ1) is 13.5. The molecule has 2 saturated carbocycles. The standard InChI is InChI=1S/C22H28N4O2/c1-14-5-3-4-6-19(14)23-21(28)25-12-17-9-10-22(18(17)13-25)20(27)26(15(2)24-22)11-16-7-8-16/h3-6,16-18H,7-13H2,1-2H3,(H,23,28)/t17-,18+,22-/m1/s1. The van der Waals surface area contributed by atoms with Gasteiger partial charge < -0.3 is 10.2 Å². The molecule has 0 radical (unpaired) electrons. The van der Waals surface area contributed by atoms with Gasteiger partial charge in [-0.25, -0.2) is 4.79 Å². The molecule has 28 heavy (non-hydrogen) atoms. The number of amides is 3. The van der Waals surface area contributed by atoms with Gasteiger partial charge in [0.1, 0.15) is 11.4 Å². The van der Waals surface area contributed by atoms with Gasteiger partial charge in [-0.15, -0.1) is 0 Å². The lowest BCUT2D eigenvalue weighted by Gasteiger charge is -2.28. The van der Waals surface area contributed by atoms with Gasteiger partial charge in [0, 0.05) is 31.2 Å². The number of nitrogens with one attached hydrogen (secondary N) is 1. The predicted molar refractivity (Wildman–Crippen MR) is 108 cm³/mol. The van der Waals surface area contributed by atoms with Crippen LogP contribution in [0.3, 0.4) is 0 Å². The number of hydrogen-bond acceptors (Lipinski definition) is 3. The summed E-state index contributed by atoms with van der Waals surface area (Å²) in [5.41, 5.74) is 1.27. The van der Waals surface area contributed by atoms with E-state index in [9.17, 15) is 9.59 Å². The van der Waals surface area contributed by atoms with E-state index in [1.54, 1.807) is 0 Å². The van der Waals surface area contributed by atoms with Crippen LogP contribution in [0.15, 0.2) is 29.3 Å². The first-order valence-electron chi connectivity index (χ1n) is 10.5. The molecule has 1 saturated heterocycles. The van der Waals surface area contributed by atoms with Crippen molar-refractivity contribution in [3.63, 3.8) is 0 Å². The number of carbonyl (C=O) groups excluding carboxylic acids is 2. The minimum absolute atomic E-state index is 0.0696. The van der Waals surface area contributed by atoms with Crippen LogP contribution in [-0.2, 0) is 4.79 Å². The van der Waals surface area contributed by atoms with E-state index >= 15 is 0 Å². The largest absolute Gasteiger partial charge is 0.324 e. The van der Waals surface area contributed by atoms with Crippen LogP contribution in [0.4, 0.5) is 10.5 Å². The molecule has 0 aromatic heterocycles. The number of benzene rings is 1. The molecule has 2 heterocycles. The fraction of sp³-hybridized carbons (Fsp3) is 0.591. The lowest BCUT2D eigenvalue weighted by molar-refractivity contribution is -0.132. The number of rotatable bonds is 3. The first-order valence-corrected chi connectivity index (χ1v) is 10.5. The summed E-state index contributed by atoms with van der Waals surface area (Å²) in [5.74, 6) is 2.22. The zero-order valence-electron chi connectivity index (χ0n) is 16.6. The van der Waals surface area contributed by atoms with Crippen LogP contribution >= 0.6 is 0 Å². The molecular weight excluding hydrogens is 352 g/mol. The van der Waals surface area contributed by atoms with E-state index in [1.165, 1.54) is 12.8 Å². The number of aryl methyl sites for hydroxylation is 1. The molecule has 1 spiro atoms. The van der Waals surface area contributed by atoms with Gasteiger partial charge >= 0.3 is 6.03 Å². The number of urea groups is 1. The molecule has 3 amide bonds. The highest BCUT2D eigenvalue weighted by molar-refractivity contribution is 6.08. The number of aliphatic imine (C=N–C) groups is 1. The molecule has 1 aromatic carbocycles. The molecule has 0 unspecified atom stereocenters. The number of likely N-dealkylation sites (tertiary alicyclic amines) is 1. The number of fused-ring (bicyclic) bond motifs is 2. The Morgan fingerprint density at radius 2 is 2.00 bits per heavy atom. The third-order valence-electron chi connectivity index (χ3n) is 7.13. The van der Waals surface area contributed by atoms with Gasteiger partial charge in [-0.05, 0) is 63.0 Å². The maximum Gasteiger partial charge on any atom is 0.321 e. The van der Waals surface area contributed by atoms with Gasteiger partial charge in [0.2, 0.25) is 0 Å². The predicted octanol–water partition coefficient (Wildman–Crippen LogP) is 3.28. The van der Waals surface area contributed by atoms with E-state index in [0.717, 1.165) is 36.5 Å². The minimum atomic E-state index is -0.624. The summed E-state index contributed by atoms with van der Waals surface area (Å²) in [5, 5.41) is 3.04. The van der Waals surface area contributed by atoms with Crippen molar-refractivity contribution >= 4 is 23.5 Å². The molecule has 6 nitrogen and oxygen atoms in total. The smallest absolute Gasteiger partial charge is 0.321 e. The average molecular weight is 380 g/mol. The van der Waals surface area contributed by atoms with Crippen LogP contribution in [0.1, 0.15) is 38.2 Å². The van der Waals surface area contributed by atoms with Crippen molar-refractivity contribution in [2.24, 2.45) is 22.7 Å². The lowest BCUT2D eigenvalue weighted by Crippen LogP contribution is -2.47. The number of anilines is 1. The van der Waals surface area contributed by atoms with E-state index in [1.807, 2.05) is 47.9 Å². The van der Waals surface area contributed by atoms with E-state index < -0.39 is 5.54 Å². The topological polar surface area (TPSA) is 65.0 Å². The Kier molecular flexibility index (Phi) is 4.00. The number of amidine groups is 1. The Balaban J connectivity index is 1.31. The zero-order chi connectivity index (χ0) is 19.5. The number of para-hydroxylation sites is 1. The second kappa shape index (κ2) is 6.33. The molecule has 4 aliphatic rings. The Bertz CT molecular complexity index is 862. The fourth-order valence-electron chi connectivity index (χ4n) is 5.32. The Hall–Kier alpha value is -2.37. The Morgan fingerprint density at radius 1 is 1.21 bits per heavy atom. The van der Waals surface area contributed by atoms with Crippen molar-refractivity contribution in [2.45, 2.75) is 45.1 Å². The van der Waals surface area contributed by atoms with Crippen molar-refractivity contribution in [3.05, 3.63) is 29.8 Å². The molecule has 6 heteroatoms. The van der Waals surface area contributed by atoms with Crippen LogP contribution in [0.2, 0.25) is 0 Å². The number of hydrogen-bond donors (Lipinski definition) is 1. The second-order valence-corrected chi connectivity index (χ2v) is 9.00. The molecule has 3 fully saturated rings. The molecule has 1 aromatic rings. The quantitative estimate of drug-likeness (QED) is 0.875. The van der Waals surface area contributed by atoms with E-state index in [4.69, 9.17) is 4.99 Å². The number of nitrogens with zero attached hydrogens (tertiary/aromatic N) is 3. The van der Waals surface area contributed by atoms with Gasteiger partial charge in [-0.2, -0.15) is 0 Å². The maximum absolute atomic E-state index is 13.4. The summed E-state index contributed by atoms with van der Waals surface area (Å²) < 4.78 is 0. The second-order valence-electron chi connectivity index (χ2n) is 9.00. The molecule has 1 N–H and O–H groups in total. The van der Waals surface area contributed by atoms with Gasteiger partial charge in [-0.1, -0.05) is 18.2 Å². The molecule has 5 rings (SSSR count). The van der Waals surface area contributed by atoms with E-state index in [0.29, 0.717) is 24.9 Å². The van der Waals surface area contributed by atoms with Crippen molar-refractivity contribution in [3.8, 4) is 0 Å². The third-order valence-corrected chi connectivity index (χ3v) is 7.13. The zero-order valence-corrected chi connectivity index (χ0v) is 16.6. The van der Waals surface area contributed by atoms with Crippen molar-refractivity contribution in [2.75, 3.05) is 25.0 Å². The van der Waals surface area contributed by atoms with Gasteiger partial charge in [-0.3, -0.25) is 14.7 Å². The first kappa shape index (κ1) is 17.7. The minimum Gasteiger partial charge on any atom is -0.324 e. The van der Waals surface area contributed by atoms with Crippen LogP contribution in [0.5, 0.6) is 0 Å². The molecule has 2 aliphatic heterocycles. The monoisotopic (exact) mass is 380 g/mol. The lowest BCUT2D eigenvalue weighted by atomic mass is 9.85. The maximum atomic E-state index is 13.4. The molecule has 148 valence electrons. The Morgan fingerprint density at radius 3 is 2.75 bits per heavy atom. The highest BCUT2D eigenvalue weighted by Crippen LogP contribution is 2.50. The van der Waals surface area contributed by atoms with Crippen LogP contribution in [0, 0.1) is 24.7 Å². The van der Waals surface area contributed by atoms with Crippen molar-refractivity contribution in [1.29, 1.82) is 0 Å². The summed E-state index contributed by atoms with van der Waals surface area (Å²) in [7, 11) is 0. The summed E-state index contributed by atoms with van der Waals surface area (Å²) in [6, 6.07) is 7.75. The van der Waals surface area contributed by atoms with E-state index in [2.05, 4.69) is 5.32 Å². The van der Waals surface area contributed by atoms with Crippen LogP contribution < -0.4 is 5.32 Å². The van der Waals surface area contributed by atoms with E-state index in [-0.39, 0.29) is 17.9 Å².